The lowest BCUT2D eigenvalue weighted by molar-refractivity contribution is 0.00104. The Morgan fingerprint density at radius 2 is 1.52 bits per heavy atom. The Labute approximate surface area is 193 Å². The van der Waals surface area contributed by atoms with Gasteiger partial charge >= 0.3 is 0 Å². The van der Waals surface area contributed by atoms with Gasteiger partial charge in [-0.2, -0.15) is 0 Å². The monoisotopic (exact) mass is 503 g/mol. The van der Waals surface area contributed by atoms with Crippen LogP contribution in [0.1, 0.15) is 36.0 Å². The molecule has 1 amide bonds. The number of amides is 1. The highest BCUT2D eigenvalue weighted by molar-refractivity contribution is 7.92. The Balaban J connectivity index is 1.65. The molecule has 2 fully saturated rings. The molecular formula is C22H21ClF3NO5S. The van der Waals surface area contributed by atoms with Gasteiger partial charge in [-0.15, -0.1) is 0 Å². The fourth-order valence-electron chi connectivity index (χ4n) is 4.93. The van der Waals surface area contributed by atoms with E-state index < -0.39 is 50.7 Å². The van der Waals surface area contributed by atoms with Gasteiger partial charge in [0.1, 0.15) is 0 Å². The van der Waals surface area contributed by atoms with Gasteiger partial charge in [0.05, 0.1) is 27.4 Å². The fraction of sp³-hybridized carbons (Fsp3) is 0.409. The number of carbonyl (C=O) groups is 1. The smallest absolute Gasteiger partial charge is 0.255 e. The average molecular weight is 504 g/mol. The van der Waals surface area contributed by atoms with Gasteiger partial charge in [-0.05, 0) is 55.7 Å². The summed E-state index contributed by atoms with van der Waals surface area (Å²) in [5.41, 5.74) is -0.482. The number of nitrogens with one attached hydrogen (secondary N) is 1. The second-order valence-electron chi connectivity index (χ2n) is 8.57. The van der Waals surface area contributed by atoms with Crippen molar-refractivity contribution in [3.63, 3.8) is 0 Å². The maximum absolute atomic E-state index is 13.6. The molecule has 0 aliphatic heterocycles. The number of aliphatic hydroxyl groups is 2. The molecule has 2 aromatic rings. The first-order valence-electron chi connectivity index (χ1n) is 10.3. The standard InChI is InChI=1S/C22H21ClF3NO5S/c23-14-4-3-12(22(30)27-13-8-15(24)20(26)16(25)9-13)7-19(14)33(31,32)21-10-1-2-11(21)6-18(29)17(28)5-10/h3-4,7-11,17-18,21,28-29H,1-2,5-6H2,(H,27,30)/t10-,11?,17?,18?,21+/m0/s1. The van der Waals surface area contributed by atoms with Crippen molar-refractivity contribution in [3.05, 3.63) is 58.4 Å². The number of carbonyl (C=O) groups excluding carboxylic acids is 1. The molecule has 3 N–H and O–H groups in total. The molecule has 3 unspecified atom stereocenters. The van der Waals surface area contributed by atoms with E-state index in [1.54, 1.807) is 0 Å². The van der Waals surface area contributed by atoms with E-state index in [0.717, 1.165) is 6.07 Å². The van der Waals surface area contributed by atoms with Crippen LogP contribution in [0.15, 0.2) is 35.2 Å². The van der Waals surface area contributed by atoms with E-state index in [1.165, 1.54) is 12.1 Å². The Kier molecular flexibility index (Phi) is 6.47. The van der Waals surface area contributed by atoms with Crippen molar-refractivity contribution in [1.29, 1.82) is 0 Å². The van der Waals surface area contributed by atoms with Crippen LogP contribution in [0.4, 0.5) is 18.9 Å². The van der Waals surface area contributed by atoms with E-state index in [9.17, 15) is 36.6 Å². The maximum Gasteiger partial charge on any atom is 0.255 e. The second kappa shape index (κ2) is 8.90. The number of rotatable bonds is 4. The van der Waals surface area contributed by atoms with Crippen molar-refractivity contribution < 1.29 is 36.6 Å². The summed E-state index contributed by atoms with van der Waals surface area (Å²) in [5.74, 6) is -6.27. The molecule has 33 heavy (non-hydrogen) atoms. The van der Waals surface area contributed by atoms with Gasteiger partial charge in [0.25, 0.3) is 5.91 Å². The molecule has 2 aliphatic carbocycles. The molecule has 0 spiro atoms. The van der Waals surface area contributed by atoms with Crippen LogP contribution in [0.2, 0.25) is 5.02 Å². The summed E-state index contributed by atoms with van der Waals surface area (Å²) in [4.78, 5) is 12.3. The second-order valence-corrected chi connectivity index (χ2v) is 11.0. The molecule has 0 aromatic heterocycles. The third-order valence-corrected chi connectivity index (χ3v) is 9.35. The highest BCUT2D eigenvalue weighted by Crippen LogP contribution is 2.47. The molecule has 0 heterocycles. The third kappa shape index (κ3) is 4.49. The zero-order chi connectivity index (χ0) is 24.1. The van der Waals surface area contributed by atoms with Crippen molar-refractivity contribution in [2.75, 3.05) is 5.32 Å². The van der Waals surface area contributed by atoms with E-state index in [4.69, 9.17) is 11.6 Å². The van der Waals surface area contributed by atoms with E-state index in [0.29, 0.717) is 25.0 Å². The molecule has 0 saturated heterocycles. The molecule has 5 atom stereocenters. The summed E-state index contributed by atoms with van der Waals surface area (Å²) in [5, 5.41) is 21.4. The maximum atomic E-state index is 13.6. The van der Waals surface area contributed by atoms with Crippen molar-refractivity contribution in [1.82, 2.24) is 0 Å². The van der Waals surface area contributed by atoms with E-state index in [1.807, 2.05) is 0 Å². The van der Waals surface area contributed by atoms with E-state index >= 15 is 0 Å². The van der Waals surface area contributed by atoms with Crippen molar-refractivity contribution in [2.24, 2.45) is 11.8 Å². The number of fused-ring (bicyclic) bond motifs is 2. The zero-order valence-corrected chi connectivity index (χ0v) is 18.7. The van der Waals surface area contributed by atoms with E-state index in [2.05, 4.69) is 5.32 Å². The first-order chi connectivity index (χ1) is 15.5. The lowest BCUT2D eigenvalue weighted by Crippen LogP contribution is -2.31. The molecule has 178 valence electrons. The minimum Gasteiger partial charge on any atom is -0.390 e. The Morgan fingerprint density at radius 3 is 2.06 bits per heavy atom. The zero-order valence-electron chi connectivity index (χ0n) is 17.1. The minimum atomic E-state index is -4.05. The van der Waals surface area contributed by atoms with Crippen LogP contribution in [0.3, 0.4) is 0 Å². The number of sulfone groups is 1. The Morgan fingerprint density at radius 1 is 0.970 bits per heavy atom. The number of hydrogen-bond donors (Lipinski definition) is 3. The lowest BCUT2D eigenvalue weighted by Gasteiger charge is -2.23. The summed E-state index contributed by atoms with van der Waals surface area (Å²) in [7, 11) is -4.05. The van der Waals surface area contributed by atoms with Crippen LogP contribution < -0.4 is 5.32 Å². The van der Waals surface area contributed by atoms with Crippen LogP contribution in [0, 0.1) is 29.3 Å². The topological polar surface area (TPSA) is 104 Å². The minimum absolute atomic E-state index is 0.102. The van der Waals surface area contributed by atoms with Crippen molar-refractivity contribution in [2.45, 2.75) is 48.0 Å². The fourth-order valence-corrected chi connectivity index (χ4v) is 7.80. The number of anilines is 1. The number of hydrogen-bond acceptors (Lipinski definition) is 5. The molecule has 2 bridgehead atoms. The summed E-state index contributed by atoms with van der Waals surface area (Å²) in [6.45, 7) is 0. The summed E-state index contributed by atoms with van der Waals surface area (Å²) < 4.78 is 67.2. The number of benzene rings is 2. The first kappa shape index (κ1) is 24.0. The molecule has 0 radical (unpaired) electrons. The highest BCUT2D eigenvalue weighted by atomic mass is 35.5. The predicted octanol–water partition coefficient (Wildman–Crippen LogP) is 3.69. The Bertz CT molecular complexity index is 1170. The molecule has 4 rings (SSSR count). The predicted molar refractivity (Wildman–Crippen MR) is 114 cm³/mol. The summed E-state index contributed by atoms with van der Waals surface area (Å²) in [6.07, 6.45) is -0.582. The van der Waals surface area contributed by atoms with Gasteiger partial charge in [-0.1, -0.05) is 11.6 Å². The van der Waals surface area contributed by atoms with Crippen LogP contribution in [0.25, 0.3) is 0 Å². The first-order valence-corrected chi connectivity index (χ1v) is 12.3. The lowest BCUT2D eigenvalue weighted by atomic mass is 9.96. The molecule has 2 aliphatic rings. The van der Waals surface area contributed by atoms with E-state index in [-0.39, 0.29) is 45.8 Å². The summed E-state index contributed by atoms with van der Waals surface area (Å²) in [6, 6.07) is 4.77. The van der Waals surface area contributed by atoms with Crippen LogP contribution in [0.5, 0.6) is 0 Å². The van der Waals surface area contributed by atoms with Gasteiger partial charge in [0.15, 0.2) is 27.3 Å². The SMILES string of the molecule is O=C(Nc1cc(F)c(F)c(F)c1)c1ccc(Cl)c(S(=O)(=O)[C@H]2C3CC[C@H]2CC(O)C(O)C3)c1. The molecule has 2 saturated carbocycles. The highest BCUT2D eigenvalue weighted by Gasteiger charge is 2.49. The van der Waals surface area contributed by atoms with Gasteiger partial charge in [0.2, 0.25) is 0 Å². The van der Waals surface area contributed by atoms with Gasteiger partial charge in [0, 0.05) is 23.4 Å². The van der Waals surface area contributed by atoms with Gasteiger partial charge in [-0.25, -0.2) is 21.6 Å². The summed E-state index contributed by atoms with van der Waals surface area (Å²) >= 11 is 6.19. The van der Waals surface area contributed by atoms with Gasteiger partial charge < -0.3 is 15.5 Å². The van der Waals surface area contributed by atoms with Crippen LogP contribution >= 0.6 is 11.6 Å². The Hall–Kier alpha value is -2.14. The largest absolute Gasteiger partial charge is 0.390 e. The third-order valence-electron chi connectivity index (χ3n) is 6.47. The van der Waals surface area contributed by atoms with Crippen LogP contribution in [-0.2, 0) is 9.84 Å². The molecule has 2 aromatic carbocycles. The number of halogens is 4. The number of aliphatic hydroxyl groups excluding tert-OH is 2. The quantitative estimate of drug-likeness (QED) is 0.552. The van der Waals surface area contributed by atoms with Crippen molar-refractivity contribution in [3.8, 4) is 0 Å². The van der Waals surface area contributed by atoms with Gasteiger partial charge in [-0.3, -0.25) is 4.79 Å². The molecular weight excluding hydrogens is 483 g/mol. The van der Waals surface area contributed by atoms with Crippen LogP contribution in [-0.4, -0.2) is 42.0 Å². The normalized spacial score (nSPS) is 27.3. The van der Waals surface area contributed by atoms with Crippen molar-refractivity contribution >= 4 is 33.0 Å². The average Bonchev–Trinajstić information content (AvgIpc) is 3.08. The molecule has 11 heteroatoms. The molecule has 6 nitrogen and oxygen atoms in total.